The van der Waals surface area contributed by atoms with Crippen LogP contribution in [0.2, 0.25) is 0 Å². The smallest absolute Gasteiger partial charge is 0.241 e. The van der Waals surface area contributed by atoms with Crippen molar-refractivity contribution in [2.75, 3.05) is 27.3 Å². The molecule has 0 fully saturated rings. The first-order chi connectivity index (χ1) is 10.1. The summed E-state index contributed by atoms with van der Waals surface area (Å²) in [4.78, 5) is 6.32. The quantitative estimate of drug-likeness (QED) is 0.833. The molecule has 6 nitrogen and oxygen atoms in total. The number of hydrogen-bond acceptors (Lipinski definition) is 6. The minimum absolute atomic E-state index is 0.308. The molecule has 21 heavy (non-hydrogen) atoms. The van der Waals surface area contributed by atoms with Crippen molar-refractivity contribution in [3.8, 4) is 11.4 Å². The predicted molar refractivity (Wildman–Crippen MR) is 78.7 cm³/mol. The van der Waals surface area contributed by atoms with E-state index in [1.807, 2.05) is 43.1 Å². The zero-order valence-corrected chi connectivity index (χ0v) is 12.6. The van der Waals surface area contributed by atoms with E-state index in [1.54, 1.807) is 7.11 Å². The average molecular weight is 291 g/mol. The zero-order chi connectivity index (χ0) is 15.2. The van der Waals surface area contributed by atoms with Gasteiger partial charge < -0.3 is 14.4 Å². The summed E-state index contributed by atoms with van der Waals surface area (Å²) in [5, 5.41) is 13.7. The van der Waals surface area contributed by atoms with Crippen LogP contribution in [0, 0.1) is 6.92 Å². The van der Waals surface area contributed by atoms with E-state index in [9.17, 15) is 5.11 Å². The maximum Gasteiger partial charge on any atom is 0.241 e. The second kappa shape index (κ2) is 7.31. The number of aromatic nitrogens is 2. The van der Waals surface area contributed by atoms with Gasteiger partial charge >= 0.3 is 0 Å². The highest BCUT2D eigenvalue weighted by atomic mass is 16.5. The van der Waals surface area contributed by atoms with Crippen molar-refractivity contribution in [3.05, 3.63) is 35.7 Å². The molecule has 0 radical (unpaired) electrons. The molecule has 1 aromatic heterocycles. The molecule has 1 unspecified atom stereocenters. The average Bonchev–Trinajstić information content (AvgIpc) is 2.87. The number of hydrogen-bond donors (Lipinski definition) is 1. The number of methoxy groups -OCH3 is 1. The molecule has 6 heteroatoms. The number of aliphatic hydroxyl groups excluding tert-OH is 1. The fraction of sp³-hybridized carbons (Fsp3) is 0.467. The molecule has 2 rings (SSSR count). The second-order valence-electron chi connectivity index (χ2n) is 5.13. The summed E-state index contributed by atoms with van der Waals surface area (Å²) in [6, 6.07) is 7.91. The molecule has 114 valence electrons. The minimum atomic E-state index is -0.529. The first-order valence-electron chi connectivity index (χ1n) is 6.84. The van der Waals surface area contributed by atoms with Gasteiger partial charge in [-0.2, -0.15) is 4.98 Å². The van der Waals surface area contributed by atoms with E-state index in [0.717, 1.165) is 11.1 Å². The first kappa shape index (κ1) is 15.6. The van der Waals surface area contributed by atoms with Gasteiger partial charge in [0.05, 0.1) is 19.3 Å². The van der Waals surface area contributed by atoms with E-state index in [4.69, 9.17) is 9.26 Å². The van der Waals surface area contributed by atoms with Crippen molar-refractivity contribution in [2.45, 2.75) is 19.6 Å². The van der Waals surface area contributed by atoms with Crippen LogP contribution in [0.4, 0.5) is 0 Å². The van der Waals surface area contributed by atoms with Crippen molar-refractivity contribution < 1.29 is 14.4 Å². The molecule has 0 saturated heterocycles. The summed E-state index contributed by atoms with van der Waals surface area (Å²) in [6.07, 6.45) is -0.529. The molecule has 1 heterocycles. The lowest BCUT2D eigenvalue weighted by Gasteiger charge is -2.17. The van der Waals surface area contributed by atoms with Crippen molar-refractivity contribution in [2.24, 2.45) is 0 Å². The van der Waals surface area contributed by atoms with Gasteiger partial charge in [-0.3, -0.25) is 4.90 Å². The summed E-state index contributed by atoms with van der Waals surface area (Å²) in [5.41, 5.74) is 2.07. The lowest BCUT2D eigenvalue weighted by Crippen LogP contribution is -2.31. The molecular formula is C15H21N3O3. The van der Waals surface area contributed by atoms with E-state index in [2.05, 4.69) is 10.1 Å². The Kier molecular flexibility index (Phi) is 5.44. The number of ether oxygens (including phenoxy) is 1. The Hall–Kier alpha value is -1.76. The molecule has 0 aliphatic carbocycles. The number of nitrogens with zero attached hydrogens (tertiary/aromatic N) is 3. The molecule has 0 spiro atoms. The lowest BCUT2D eigenvalue weighted by molar-refractivity contribution is 0.0400. The third kappa shape index (κ3) is 4.35. The van der Waals surface area contributed by atoms with Gasteiger partial charge in [0.15, 0.2) is 0 Å². The molecule has 1 aromatic carbocycles. The predicted octanol–water partition coefficient (Wildman–Crippen LogP) is 1.48. The van der Waals surface area contributed by atoms with Crippen molar-refractivity contribution >= 4 is 0 Å². The largest absolute Gasteiger partial charge is 0.389 e. The summed E-state index contributed by atoms with van der Waals surface area (Å²) in [7, 11) is 3.45. The Bertz CT molecular complexity index is 571. The topological polar surface area (TPSA) is 71.6 Å². The third-order valence-electron chi connectivity index (χ3n) is 3.14. The third-order valence-corrected chi connectivity index (χ3v) is 3.14. The van der Waals surface area contributed by atoms with E-state index < -0.39 is 6.10 Å². The molecule has 1 atom stereocenters. The number of likely N-dealkylation sites (N-methyl/N-ethyl adjacent to an activating group) is 1. The number of benzene rings is 1. The van der Waals surface area contributed by atoms with Crippen molar-refractivity contribution in [1.82, 2.24) is 15.0 Å². The highest BCUT2D eigenvalue weighted by Gasteiger charge is 2.14. The molecule has 0 saturated carbocycles. The Balaban J connectivity index is 1.99. The van der Waals surface area contributed by atoms with E-state index in [0.29, 0.717) is 31.4 Å². The van der Waals surface area contributed by atoms with Crippen LogP contribution in [0.1, 0.15) is 11.5 Å². The van der Waals surface area contributed by atoms with Crippen LogP contribution in [0.25, 0.3) is 11.4 Å². The van der Waals surface area contributed by atoms with Crippen LogP contribution in [-0.2, 0) is 11.3 Å². The summed E-state index contributed by atoms with van der Waals surface area (Å²) >= 11 is 0. The molecule has 2 aromatic rings. The highest BCUT2D eigenvalue weighted by molar-refractivity contribution is 5.58. The van der Waals surface area contributed by atoms with E-state index in [1.165, 1.54) is 0 Å². The first-order valence-corrected chi connectivity index (χ1v) is 6.84. The molecule has 1 N–H and O–H groups in total. The number of aryl methyl sites for hydroxylation is 1. The van der Waals surface area contributed by atoms with Crippen LogP contribution >= 0.6 is 0 Å². The standard InChI is InChI=1S/C15H21N3O3/c1-11-6-4-5-7-13(11)15-16-14(21-17-15)9-18(2)8-12(19)10-20-3/h4-7,12,19H,8-10H2,1-3H3. The fourth-order valence-corrected chi connectivity index (χ4v) is 2.15. The minimum Gasteiger partial charge on any atom is -0.389 e. The van der Waals surface area contributed by atoms with Crippen LogP contribution in [0.15, 0.2) is 28.8 Å². The van der Waals surface area contributed by atoms with Gasteiger partial charge in [0, 0.05) is 19.2 Å². The number of rotatable bonds is 7. The maximum absolute atomic E-state index is 9.68. The van der Waals surface area contributed by atoms with Gasteiger partial charge in [0.1, 0.15) is 0 Å². The van der Waals surface area contributed by atoms with Crippen LogP contribution in [-0.4, -0.2) is 53.6 Å². The zero-order valence-electron chi connectivity index (χ0n) is 12.6. The van der Waals surface area contributed by atoms with Gasteiger partial charge in [-0.15, -0.1) is 0 Å². The van der Waals surface area contributed by atoms with Gasteiger partial charge in [-0.25, -0.2) is 0 Å². The summed E-state index contributed by atoms with van der Waals surface area (Å²) in [5.74, 6) is 1.12. The van der Waals surface area contributed by atoms with E-state index in [-0.39, 0.29) is 0 Å². The maximum atomic E-state index is 9.68. The lowest BCUT2D eigenvalue weighted by atomic mass is 10.1. The van der Waals surface area contributed by atoms with Gasteiger partial charge in [0.25, 0.3) is 0 Å². The van der Waals surface area contributed by atoms with Crippen molar-refractivity contribution in [1.29, 1.82) is 0 Å². The molecule has 0 aliphatic heterocycles. The summed E-state index contributed by atoms with van der Waals surface area (Å²) in [6.45, 7) is 3.29. The molecular weight excluding hydrogens is 270 g/mol. The van der Waals surface area contributed by atoms with Gasteiger partial charge in [-0.1, -0.05) is 29.4 Å². The normalized spacial score (nSPS) is 12.8. The fourth-order valence-electron chi connectivity index (χ4n) is 2.15. The van der Waals surface area contributed by atoms with Crippen LogP contribution in [0.3, 0.4) is 0 Å². The molecule has 0 amide bonds. The summed E-state index contributed by atoms with van der Waals surface area (Å²) < 4.78 is 10.2. The monoisotopic (exact) mass is 291 g/mol. The second-order valence-corrected chi connectivity index (χ2v) is 5.13. The Morgan fingerprint density at radius 3 is 2.86 bits per heavy atom. The highest BCUT2D eigenvalue weighted by Crippen LogP contribution is 2.20. The Morgan fingerprint density at radius 1 is 1.38 bits per heavy atom. The van der Waals surface area contributed by atoms with Crippen molar-refractivity contribution in [3.63, 3.8) is 0 Å². The molecule has 0 bridgehead atoms. The Morgan fingerprint density at radius 2 is 2.14 bits per heavy atom. The van der Waals surface area contributed by atoms with E-state index >= 15 is 0 Å². The van der Waals surface area contributed by atoms with Gasteiger partial charge in [0.2, 0.25) is 11.7 Å². The SMILES string of the molecule is COCC(O)CN(C)Cc1nc(-c2ccccc2C)no1. The van der Waals surface area contributed by atoms with Gasteiger partial charge in [-0.05, 0) is 19.5 Å². The van der Waals surface area contributed by atoms with Crippen LogP contribution < -0.4 is 0 Å². The molecule has 0 aliphatic rings. The van der Waals surface area contributed by atoms with Crippen LogP contribution in [0.5, 0.6) is 0 Å². The Labute approximate surface area is 124 Å². The number of aliphatic hydroxyl groups is 1.